The molecule has 0 radical (unpaired) electrons. The van der Waals surface area contributed by atoms with Gasteiger partial charge in [0.15, 0.2) is 0 Å². The molecule has 4 nitrogen and oxygen atoms in total. The number of rotatable bonds is 5. The van der Waals surface area contributed by atoms with Crippen molar-refractivity contribution in [3.05, 3.63) is 0 Å². The van der Waals surface area contributed by atoms with Gasteiger partial charge in [-0.1, -0.05) is 12.8 Å². The van der Waals surface area contributed by atoms with Crippen molar-refractivity contribution in [3.63, 3.8) is 0 Å². The van der Waals surface area contributed by atoms with Crippen LogP contribution in [0.25, 0.3) is 0 Å². The van der Waals surface area contributed by atoms with E-state index in [1.807, 2.05) is 25.9 Å². The summed E-state index contributed by atoms with van der Waals surface area (Å²) in [5, 5.41) is 3.07. The maximum Gasteiger partial charge on any atom is 0.239 e. The van der Waals surface area contributed by atoms with Crippen LogP contribution in [0, 0.1) is 0 Å². The van der Waals surface area contributed by atoms with E-state index in [1.54, 1.807) is 0 Å². The number of carbonyl (C=O) groups is 1. The molecule has 1 unspecified atom stereocenters. The number of amides is 1. The Balaban J connectivity index is 2.43. The van der Waals surface area contributed by atoms with Gasteiger partial charge < -0.3 is 10.2 Å². The summed E-state index contributed by atoms with van der Waals surface area (Å²) >= 11 is 0. The second kappa shape index (κ2) is 7.67. The van der Waals surface area contributed by atoms with Gasteiger partial charge in [0, 0.05) is 20.1 Å². The summed E-state index contributed by atoms with van der Waals surface area (Å²) in [7, 11) is 3.81. The third-order valence-electron chi connectivity index (χ3n) is 3.62. The van der Waals surface area contributed by atoms with E-state index in [9.17, 15) is 4.79 Å². The molecule has 1 amide bonds. The smallest absolute Gasteiger partial charge is 0.239 e. The number of nitrogens with one attached hydrogen (secondary N) is 1. The Morgan fingerprint density at radius 3 is 2.41 bits per heavy atom. The van der Waals surface area contributed by atoms with Crippen molar-refractivity contribution in [2.24, 2.45) is 0 Å². The summed E-state index contributed by atoms with van der Waals surface area (Å²) in [5.41, 5.74) is 0. The van der Waals surface area contributed by atoms with Crippen LogP contribution in [0.15, 0.2) is 0 Å². The summed E-state index contributed by atoms with van der Waals surface area (Å²) in [6, 6.07) is 0.0370. The molecule has 0 saturated carbocycles. The minimum atomic E-state index is 0.0370. The van der Waals surface area contributed by atoms with E-state index in [0.717, 1.165) is 26.2 Å². The molecule has 1 fully saturated rings. The highest BCUT2D eigenvalue weighted by Crippen LogP contribution is 2.13. The van der Waals surface area contributed by atoms with Crippen molar-refractivity contribution in [1.29, 1.82) is 0 Å². The number of hydrogen-bond acceptors (Lipinski definition) is 3. The molecule has 1 saturated heterocycles. The zero-order valence-corrected chi connectivity index (χ0v) is 11.5. The zero-order chi connectivity index (χ0) is 12.7. The first-order valence-corrected chi connectivity index (χ1v) is 6.80. The molecule has 0 aromatic carbocycles. The topological polar surface area (TPSA) is 35.6 Å². The molecule has 1 heterocycles. The molecule has 1 aliphatic heterocycles. The average molecular weight is 241 g/mol. The average Bonchev–Trinajstić information content (AvgIpc) is 2.62. The summed E-state index contributed by atoms with van der Waals surface area (Å²) < 4.78 is 0. The monoisotopic (exact) mass is 241 g/mol. The number of nitrogens with zero attached hydrogens (tertiary/aromatic N) is 2. The van der Waals surface area contributed by atoms with Crippen LogP contribution in [0.4, 0.5) is 0 Å². The molecule has 100 valence electrons. The van der Waals surface area contributed by atoms with Crippen molar-refractivity contribution in [2.75, 3.05) is 40.3 Å². The van der Waals surface area contributed by atoms with Gasteiger partial charge in [-0.3, -0.25) is 9.69 Å². The van der Waals surface area contributed by atoms with Crippen LogP contribution in [0.5, 0.6) is 0 Å². The minimum absolute atomic E-state index is 0.0370. The van der Waals surface area contributed by atoms with Crippen LogP contribution >= 0.6 is 0 Å². The van der Waals surface area contributed by atoms with Gasteiger partial charge in [-0.05, 0) is 39.9 Å². The van der Waals surface area contributed by atoms with Crippen molar-refractivity contribution >= 4 is 5.91 Å². The highest BCUT2D eigenvalue weighted by molar-refractivity contribution is 5.81. The Morgan fingerprint density at radius 2 is 1.88 bits per heavy atom. The summed E-state index contributed by atoms with van der Waals surface area (Å²) in [5.74, 6) is 0.252. The fraction of sp³-hybridized carbons (Fsp3) is 0.923. The summed E-state index contributed by atoms with van der Waals surface area (Å²) in [6.07, 6.45) is 5.09. The highest BCUT2D eigenvalue weighted by atomic mass is 16.2. The molecule has 1 atom stereocenters. The van der Waals surface area contributed by atoms with Gasteiger partial charge in [0.25, 0.3) is 0 Å². The van der Waals surface area contributed by atoms with Crippen molar-refractivity contribution < 1.29 is 4.79 Å². The molecule has 0 bridgehead atoms. The Labute approximate surface area is 105 Å². The van der Waals surface area contributed by atoms with Crippen molar-refractivity contribution in [3.8, 4) is 0 Å². The van der Waals surface area contributed by atoms with Gasteiger partial charge in [0.05, 0.1) is 6.04 Å². The van der Waals surface area contributed by atoms with E-state index in [0.29, 0.717) is 0 Å². The second-order valence-corrected chi connectivity index (χ2v) is 4.99. The van der Waals surface area contributed by atoms with E-state index in [-0.39, 0.29) is 11.9 Å². The van der Waals surface area contributed by atoms with E-state index < -0.39 is 0 Å². The fourth-order valence-electron chi connectivity index (χ4n) is 2.35. The number of carbonyl (C=O) groups excluding carboxylic acids is 1. The first-order chi connectivity index (χ1) is 8.16. The van der Waals surface area contributed by atoms with Gasteiger partial charge in [0.2, 0.25) is 5.91 Å². The first kappa shape index (κ1) is 14.5. The second-order valence-electron chi connectivity index (χ2n) is 4.99. The molecular weight excluding hydrogens is 214 g/mol. The lowest BCUT2D eigenvalue weighted by Crippen LogP contribution is -2.47. The number of hydrogen-bond donors (Lipinski definition) is 1. The van der Waals surface area contributed by atoms with E-state index in [4.69, 9.17) is 0 Å². The van der Waals surface area contributed by atoms with E-state index in [2.05, 4.69) is 10.2 Å². The van der Waals surface area contributed by atoms with Crippen molar-refractivity contribution in [2.45, 2.75) is 38.6 Å². The van der Waals surface area contributed by atoms with Gasteiger partial charge in [-0.15, -0.1) is 0 Å². The lowest BCUT2D eigenvalue weighted by atomic mass is 10.2. The van der Waals surface area contributed by atoms with Crippen LogP contribution in [0.1, 0.15) is 32.6 Å². The summed E-state index contributed by atoms with van der Waals surface area (Å²) in [6.45, 7) is 5.84. The Morgan fingerprint density at radius 1 is 1.29 bits per heavy atom. The molecule has 4 heteroatoms. The molecule has 0 spiro atoms. The molecule has 0 aromatic heterocycles. The van der Waals surface area contributed by atoms with Gasteiger partial charge in [-0.2, -0.15) is 0 Å². The maximum absolute atomic E-state index is 12.2. The van der Waals surface area contributed by atoms with E-state index in [1.165, 1.54) is 25.7 Å². The predicted octanol–water partition coefficient (Wildman–Crippen LogP) is 0.929. The van der Waals surface area contributed by atoms with Crippen LogP contribution in [-0.4, -0.2) is 62.0 Å². The van der Waals surface area contributed by atoms with E-state index >= 15 is 0 Å². The molecule has 0 aliphatic carbocycles. The van der Waals surface area contributed by atoms with Gasteiger partial charge >= 0.3 is 0 Å². The predicted molar refractivity (Wildman–Crippen MR) is 71.1 cm³/mol. The van der Waals surface area contributed by atoms with Crippen LogP contribution in [0.2, 0.25) is 0 Å². The quantitative estimate of drug-likeness (QED) is 0.778. The number of likely N-dealkylation sites (N-methyl/N-ethyl adjacent to an activating group) is 2. The third-order valence-corrected chi connectivity index (χ3v) is 3.62. The van der Waals surface area contributed by atoms with Crippen molar-refractivity contribution in [1.82, 2.24) is 15.1 Å². The van der Waals surface area contributed by atoms with Crippen LogP contribution < -0.4 is 5.32 Å². The SMILES string of the molecule is CNCCN(C)C(=O)C(C)N1CCCCCC1. The minimum Gasteiger partial charge on any atom is -0.343 e. The summed E-state index contributed by atoms with van der Waals surface area (Å²) in [4.78, 5) is 16.4. The molecule has 0 aromatic rings. The van der Waals surface area contributed by atoms with Crippen LogP contribution in [-0.2, 0) is 4.79 Å². The van der Waals surface area contributed by atoms with Crippen LogP contribution in [0.3, 0.4) is 0 Å². The third kappa shape index (κ3) is 4.64. The Bertz CT molecular complexity index is 225. The van der Waals surface area contributed by atoms with Gasteiger partial charge in [0.1, 0.15) is 0 Å². The largest absolute Gasteiger partial charge is 0.343 e. The normalized spacial score (nSPS) is 19.7. The molecule has 1 aliphatic rings. The maximum atomic E-state index is 12.2. The Hall–Kier alpha value is -0.610. The highest BCUT2D eigenvalue weighted by Gasteiger charge is 2.24. The molecule has 1 N–H and O–H groups in total. The molecular formula is C13H27N3O. The lowest BCUT2D eigenvalue weighted by molar-refractivity contribution is -0.135. The standard InChI is InChI=1S/C13H27N3O/c1-12(13(17)15(3)11-8-14-2)16-9-6-4-5-7-10-16/h12,14H,4-11H2,1-3H3. The fourth-order valence-corrected chi connectivity index (χ4v) is 2.35. The number of likely N-dealkylation sites (tertiary alicyclic amines) is 1. The van der Waals surface area contributed by atoms with Gasteiger partial charge in [-0.25, -0.2) is 0 Å². The zero-order valence-electron chi connectivity index (χ0n) is 11.5. The molecule has 17 heavy (non-hydrogen) atoms. The lowest BCUT2D eigenvalue weighted by Gasteiger charge is -2.30. The first-order valence-electron chi connectivity index (χ1n) is 6.80. The Kier molecular flexibility index (Phi) is 6.52. The molecule has 1 rings (SSSR count).